The first-order chi connectivity index (χ1) is 20.2. The van der Waals surface area contributed by atoms with Gasteiger partial charge in [-0.3, -0.25) is 4.79 Å². The van der Waals surface area contributed by atoms with Gasteiger partial charge in [-0.2, -0.15) is 0 Å². The second-order valence-electron chi connectivity index (χ2n) is 11.1. The predicted molar refractivity (Wildman–Crippen MR) is 170 cm³/mol. The van der Waals surface area contributed by atoms with Crippen LogP contribution in [0.2, 0.25) is 0 Å². The normalized spacial score (nSPS) is 11.0. The van der Waals surface area contributed by atoms with Crippen molar-refractivity contribution in [3.63, 3.8) is 0 Å². The molecule has 1 heterocycles. The number of benzene rings is 1. The maximum atomic E-state index is 12.8. The first kappa shape index (κ1) is 34.5. The first-order valence-electron chi connectivity index (χ1n) is 16.6. The minimum atomic E-state index is -0.257. The molecule has 7 heteroatoms. The zero-order valence-electron chi connectivity index (χ0n) is 26.2. The maximum Gasteiger partial charge on any atom is 0.273 e. The molecule has 0 bridgehead atoms. The lowest BCUT2D eigenvalue weighted by Gasteiger charge is -2.19. The maximum absolute atomic E-state index is 12.8. The van der Waals surface area contributed by atoms with E-state index >= 15 is 0 Å². The molecule has 1 aromatic carbocycles. The molecule has 0 spiro atoms. The van der Waals surface area contributed by atoms with Gasteiger partial charge < -0.3 is 24.5 Å². The number of nitrogens with zero attached hydrogens (tertiary/aromatic N) is 1. The highest BCUT2D eigenvalue weighted by atomic mass is 16.5. The van der Waals surface area contributed by atoms with Crippen LogP contribution in [0.4, 0.5) is 5.69 Å². The van der Waals surface area contributed by atoms with E-state index in [0.717, 1.165) is 38.5 Å². The molecule has 0 radical (unpaired) electrons. The highest BCUT2D eigenvalue weighted by Crippen LogP contribution is 2.41. The Morgan fingerprint density at radius 3 is 1.54 bits per heavy atom. The standard InChI is InChI=1S/C34H57N3O4/c1-4-7-10-13-16-19-22-39-31-25-29(37-34(38)30-27-35-28-36-30)26-32(40-23-20-17-14-11-8-5-2)33(31)41-24-21-18-15-12-9-6-3/h25-28H,4-24H2,1-3H3,(H,35,36)(H,37,38). The summed E-state index contributed by atoms with van der Waals surface area (Å²) in [6.45, 7) is 8.54. The number of unbranched alkanes of at least 4 members (excludes halogenated alkanes) is 15. The van der Waals surface area contributed by atoms with Crippen molar-refractivity contribution < 1.29 is 19.0 Å². The number of hydrogen-bond donors (Lipinski definition) is 2. The Balaban J connectivity index is 2.12. The SMILES string of the molecule is CCCCCCCCOc1cc(NC(=O)c2cnc[nH]2)cc(OCCCCCCCC)c1OCCCCCCCC. The zero-order valence-corrected chi connectivity index (χ0v) is 26.2. The number of imidazole rings is 1. The molecule has 1 aromatic heterocycles. The Morgan fingerprint density at radius 2 is 1.10 bits per heavy atom. The van der Waals surface area contributed by atoms with E-state index in [9.17, 15) is 4.79 Å². The molecule has 2 aromatic rings. The molecular weight excluding hydrogens is 514 g/mol. The van der Waals surface area contributed by atoms with E-state index < -0.39 is 0 Å². The number of aromatic nitrogens is 2. The summed E-state index contributed by atoms with van der Waals surface area (Å²) in [6, 6.07) is 3.72. The number of carbonyl (C=O) groups excluding carboxylic acids is 1. The number of anilines is 1. The fourth-order valence-corrected chi connectivity index (χ4v) is 4.77. The van der Waals surface area contributed by atoms with Crippen molar-refractivity contribution in [3.05, 3.63) is 30.4 Å². The van der Waals surface area contributed by atoms with Crippen LogP contribution in [0, 0.1) is 0 Å². The Bertz CT molecular complexity index is 878. The lowest BCUT2D eigenvalue weighted by molar-refractivity contribution is 0.102. The third kappa shape index (κ3) is 15.2. The van der Waals surface area contributed by atoms with Crippen LogP contribution >= 0.6 is 0 Å². The summed E-state index contributed by atoms with van der Waals surface area (Å²) in [4.78, 5) is 19.6. The molecule has 2 N–H and O–H groups in total. The number of amides is 1. The Morgan fingerprint density at radius 1 is 0.659 bits per heavy atom. The van der Waals surface area contributed by atoms with Crippen molar-refractivity contribution in [2.45, 2.75) is 136 Å². The molecule has 0 saturated heterocycles. The summed E-state index contributed by atoms with van der Waals surface area (Å²) in [5.74, 6) is 1.65. The topological polar surface area (TPSA) is 85.5 Å². The molecule has 2 rings (SSSR count). The van der Waals surface area contributed by atoms with Gasteiger partial charge in [0.15, 0.2) is 11.5 Å². The van der Waals surface area contributed by atoms with E-state index in [0.29, 0.717) is 48.5 Å². The molecule has 0 unspecified atom stereocenters. The highest BCUT2D eigenvalue weighted by Gasteiger charge is 2.18. The first-order valence-corrected chi connectivity index (χ1v) is 16.6. The van der Waals surface area contributed by atoms with E-state index in [1.165, 1.54) is 89.6 Å². The number of hydrogen-bond acceptors (Lipinski definition) is 5. The lowest BCUT2D eigenvalue weighted by Crippen LogP contribution is -2.13. The number of aromatic amines is 1. The van der Waals surface area contributed by atoms with Crippen LogP contribution in [0.1, 0.15) is 147 Å². The summed E-state index contributed by atoms with van der Waals surface area (Å²) in [5, 5.41) is 2.97. The van der Waals surface area contributed by atoms with Crippen LogP contribution in [0.3, 0.4) is 0 Å². The monoisotopic (exact) mass is 571 g/mol. The summed E-state index contributed by atoms with van der Waals surface area (Å²) >= 11 is 0. The van der Waals surface area contributed by atoms with Crippen molar-refractivity contribution in [2.24, 2.45) is 0 Å². The third-order valence-corrected chi connectivity index (χ3v) is 7.28. The van der Waals surface area contributed by atoms with Crippen LogP contribution in [0.15, 0.2) is 24.7 Å². The van der Waals surface area contributed by atoms with Gasteiger partial charge in [0, 0.05) is 17.8 Å². The molecule has 0 atom stereocenters. The highest BCUT2D eigenvalue weighted by molar-refractivity contribution is 6.03. The molecular formula is C34H57N3O4. The lowest BCUT2D eigenvalue weighted by atomic mass is 10.1. The number of carbonyl (C=O) groups is 1. The molecule has 0 aliphatic carbocycles. The number of nitrogens with one attached hydrogen (secondary N) is 2. The van der Waals surface area contributed by atoms with Crippen LogP contribution in [0.25, 0.3) is 0 Å². The van der Waals surface area contributed by atoms with Crippen LogP contribution in [-0.4, -0.2) is 35.7 Å². The molecule has 7 nitrogen and oxygen atoms in total. The summed E-state index contributed by atoms with van der Waals surface area (Å²) in [5.41, 5.74) is 1.02. The third-order valence-electron chi connectivity index (χ3n) is 7.28. The summed E-state index contributed by atoms with van der Waals surface area (Å²) in [6.07, 6.45) is 24.5. The fraction of sp³-hybridized carbons (Fsp3) is 0.706. The van der Waals surface area contributed by atoms with Gasteiger partial charge in [0.2, 0.25) is 5.75 Å². The summed E-state index contributed by atoms with van der Waals surface area (Å²) < 4.78 is 19.0. The molecule has 0 aliphatic heterocycles. The van der Waals surface area contributed by atoms with Gasteiger partial charge in [-0.05, 0) is 19.3 Å². The zero-order chi connectivity index (χ0) is 29.4. The second kappa shape index (κ2) is 22.9. The Hall–Kier alpha value is -2.70. The summed E-state index contributed by atoms with van der Waals surface area (Å²) in [7, 11) is 0. The molecule has 0 fully saturated rings. The van der Waals surface area contributed by atoms with Gasteiger partial charge in [-0.1, -0.05) is 117 Å². The molecule has 1 amide bonds. The Labute approximate surface area is 249 Å². The van der Waals surface area contributed by atoms with Crippen molar-refractivity contribution in [2.75, 3.05) is 25.1 Å². The largest absolute Gasteiger partial charge is 0.489 e. The van der Waals surface area contributed by atoms with E-state index in [1.807, 2.05) is 12.1 Å². The van der Waals surface area contributed by atoms with E-state index in [4.69, 9.17) is 14.2 Å². The number of rotatable bonds is 26. The van der Waals surface area contributed by atoms with Crippen molar-refractivity contribution in [1.29, 1.82) is 0 Å². The minimum absolute atomic E-state index is 0.257. The fourth-order valence-electron chi connectivity index (χ4n) is 4.77. The average Bonchev–Trinajstić information content (AvgIpc) is 3.52. The van der Waals surface area contributed by atoms with Gasteiger partial charge in [-0.15, -0.1) is 0 Å². The van der Waals surface area contributed by atoms with E-state index in [-0.39, 0.29) is 5.91 Å². The smallest absolute Gasteiger partial charge is 0.273 e. The van der Waals surface area contributed by atoms with Crippen LogP contribution in [0.5, 0.6) is 17.2 Å². The van der Waals surface area contributed by atoms with Crippen molar-refractivity contribution >= 4 is 11.6 Å². The Kier molecular flexibility index (Phi) is 19.3. The number of H-pyrrole nitrogens is 1. The number of ether oxygens (including phenoxy) is 3. The van der Waals surface area contributed by atoms with Crippen LogP contribution < -0.4 is 19.5 Å². The van der Waals surface area contributed by atoms with E-state index in [1.54, 1.807) is 0 Å². The molecule has 41 heavy (non-hydrogen) atoms. The van der Waals surface area contributed by atoms with E-state index in [2.05, 4.69) is 36.1 Å². The van der Waals surface area contributed by atoms with Gasteiger partial charge >= 0.3 is 0 Å². The van der Waals surface area contributed by atoms with Gasteiger partial charge in [0.05, 0.1) is 32.3 Å². The molecule has 0 aliphatic rings. The van der Waals surface area contributed by atoms with Gasteiger partial charge in [0.1, 0.15) is 5.69 Å². The quantitative estimate of drug-likeness (QED) is 0.110. The predicted octanol–water partition coefficient (Wildman–Crippen LogP) is 9.88. The minimum Gasteiger partial charge on any atom is -0.489 e. The van der Waals surface area contributed by atoms with Gasteiger partial charge in [-0.25, -0.2) is 4.98 Å². The molecule has 0 saturated carbocycles. The van der Waals surface area contributed by atoms with Gasteiger partial charge in [0.25, 0.3) is 5.91 Å². The average molecular weight is 572 g/mol. The van der Waals surface area contributed by atoms with Crippen molar-refractivity contribution in [3.8, 4) is 17.2 Å². The molecule has 232 valence electrons. The second-order valence-corrected chi connectivity index (χ2v) is 11.1. The van der Waals surface area contributed by atoms with Crippen molar-refractivity contribution in [1.82, 2.24) is 9.97 Å². The van der Waals surface area contributed by atoms with Crippen LogP contribution in [-0.2, 0) is 0 Å².